The van der Waals surface area contributed by atoms with Gasteiger partial charge in [-0.25, -0.2) is 9.79 Å². The van der Waals surface area contributed by atoms with E-state index >= 15 is 0 Å². The number of carbonyl (C=O) groups is 1. The molecule has 0 aromatic heterocycles. The Kier molecular flexibility index (Phi) is 3.28. The molecule has 1 N–H and O–H groups in total. The molecule has 0 spiro atoms. The number of urea groups is 1. The second-order valence-corrected chi connectivity index (χ2v) is 3.32. The van der Waals surface area contributed by atoms with Gasteiger partial charge in [0, 0.05) is 6.54 Å². The van der Waals surface area contributed by atoms with Crippen LogP contribution in [-0.4, -0.2) is 30.3 Å². The molecular formula is C11H12N4O. The van der Waals surface area contributed by atoms with E-state index in [1.54, 1.807) is 0 Å². The average Bonchev–Trinajstić information content (AvgIpc) is 2.38. The Balaban J connectivity index is 1.84. The largest absolute Gasteiger partial charge is 0.334 e. The SMILES string of the molecule is O=C(NCc1ccccc1)N1C=NC=NC1. The van der Waals surface area contributed by atoms with Gasteiger partial charge in [0.1, 0.15) is 19.3 Å². The van der Waals surface area contributed by atoms with Crippen LogP contribution in [0.25, 0.3) is 0 Å². The summed E-state index contributed by atoms with van der Waals surface area (Å²) < 4.78 is 0. The van der Waals surface area contributed by atoms with Crippen molar-refractivity contribution in [3.05, 3.63) is 35.9 Å². The first-order chi connectivity index (χ1) is 7.86. The molecule has 1 aromatic rings. The number of hydrogen-bond donors (Lipinski definition) is 1. The van der Waals surface area contributed by atoms with Crippen molar-refractivity contribution in [1.82, 2.24) is 10.2 Å². The average molecular weight is 216 g/mol. The smallest absolute Gasteiger partial charge is 0.324 e. The normalized spacial score (nSPS) is 13.9. The Hall–Kier alpha value is -2.17. The highest BCUT2D eigenvalue weighted by atomic mass is 16.2. The molecule has 2 amide bonds. The van der Waals surface area contributed by atoms with Crippen molar-refractivity contribution in [3.63, 3.8) is 0 Å². The maximum Gasteiger partial charge on any atom is 0.324 e. The first-order valence-corrected chi connectivity index (χ1v) is 4.96. The predicted molar refractivity (Wildman–Crippen MR) is 62.4 cm³/mol. The van der Waals surface area contributed by atoms with Crippen LogP contribution in [0.2, 0.25) is 0 Å². The van der Waals surface area contributed by atoms with Crippen LogP contribution >= 0.6 is 0 Å². The molecular weight excluding hydrogens is 204 g/mol. The number of hydrogen-bond acceptors (Lipinski definition) is 3. The molecule has 0 saturated carbocycles. The highest BCUT2D eigenvalue weighted by molar-refractivity contribution is 5.89. The van der Waals surface area contributed by atoms with E-state index in [-0.39, 0.29) is 6.03 Å². The molecule has 1 aromatic carbocycles. The molecule has 0 radical (unpaired) electrons. The summed E-state index contributed by atoms with van der Waals surface area (Å²) in [5.74, 6) is 0. The van der Waals surface area contributed by atoms with Gasteiger partial charge in [0.05, 0.1) is 0 Å². The highest BCUT2D eigenvalue weighted by Gasteiger charge is 2.10. The van der Waals surface area contributed by atoms with E-state index in [1.165, 1.54) is 17.6 Å². The van der Waals surface area contributed by atoms with Crippen LogP contribution < -0.4 is 5.32 Å². The van der Waals surface area contributed by atoms with Crippen molar-refractivity contribution < 1.29 is 4.79 Å². The van der Waals surface area contributed by atoms with Gasteiger partial charge in [-0.1, -0.05) is 30.3 Å². The van der Waals surface area contributed by atoms with Crippen molar-refractivity contribution in [2.45, 2.75) is 6.54 Å². The van der Waals surface area contributed by atoms with Crippen LogP contribution in [0.4, 0.5) is 4.79 Å². The zero-order valence-electron chi connectivity index (χ0n) is 8.71. The molecule has 0 atom stereocenters. The van der Waals surface area contributed by atoms with E-state index in [0.717, 1.165) is 5.56 Å². The minimum absolute atomic E-state index is 0.190. The molecule has 0 aliphatic carbocycles. The van der Waals surface area contributed by atoms with Gasteiger partial charge in [0.15, 0.2) is 0 Å². The number of rotatable bonds is 2. The number of amides is 2. The maximum atomic E-state index is 11.6. The van der Waals surface area contributed by atoms with E-state index in [9.17, 15) is 4.79 Å². The van der Waals surface area contributed by atoms with Crippen molar-refractivity contribution in [2.24, 2.45) is 9.98 Å². The predicted octanol–water partition coefficient (Wildman–Crippen LogP) is 1.23. The van der Waals surface area contributed by atoms with Gasteiger partial charge in [-0.2, -0.15) is 0 Å². The van der Waals surface area contributed by atoms with Gasteiger partial charge in [0.25, 0.3) is 0 Å². The van der Waals surface area contributed by atoms with E-state index in [0.29, 0.717) is 13.2 Å². The van der Waals surface area contributed by atoms with Crippen LogP contribution in [0, 0.1) is 0 Å². The minimum Gasteiger partial charge on any atom is -0.334 e. The molecule has 0 fully saturated rings. The number of nitrogens with one attached hydrogen (secondary N) is 1. The van der Waals surface area contributed by atoms with E-state index in [4.69, 9.17) is 0 Å². The van der Waals surface area contributed by atoms with Crippen molar-refractivity contribution in [1.29, 1.82) is 0 Å². The molecule has 1 aliphatic rings. The second kappa shape index (κ2) is 5.06. The zero-order chi connectivity index (χ0) is 11.2. The van der Waals surface area contributed by atoms with Crippen LogP contribution in [0.3, 0.4) is 0 Å². The van der Waals surface area contributed by atoms with Gasteiger partial charge in [-0.15, -0.1) is 0 Å². The summed E-state index contributed by atoms with van der Waals surface area (Å²) in [7, 11) is 0. The summed E-state index contributed by atoms with van der Waals surface area (Å²) in [6.07, 6.45) is 2.90. The minimum atomic E-state index is -0.190. The van der Waals surface area contributed by atoms with Crippen LogP contribution in [0.5, 0.6) is 0 Å². The Morgan fingerprint density at radius 1 is 1.38 bits per heavy atom. The van der Waals surface area contributed by atoms with Gasteiger partial charge in [-0.3, -0.25) is 9.89 Å². The summed E-state index contributed by atoms with van der Waals surface area (Å²) in [5, 5.41) is 2.79. The van der Waals surface area contributed by atoms with Crippen molar-refractivity contribution >= 4 is 18.7 Å². The van der Waals surface area contributed by atoms with Gasteiger partial charge in [-0.05, 0) is 5.56 Å². The third-order valence-corrected chi connectivity index (χ3v) is 2.14. The molecule has 5 nitrogen and oxygen atoms in total. The van der Waals surface area contributed by atoms with E-state index < -0.39 is 0 Å². The molecule has 2 rings (SSSR count). The topological polar surface area (TPSA) is 57.1 Å². The number of aliphatic imine (C=N–C) groups is 2. The van der Waals surface area contributed by atoms with Crippen LogP contribution in [-0.2, 0) is 6.54 Å². The molecule has 0 bridgehead atoms. The molecule has 1 heterocycles. The summed E-state index contributed by atoms with van der Waals surface area (Å²) in [6, 6.07) is 9.55. The monoisotopic (exact) mass is 216 g/mol. The third-order valence-electron chi connectivity index (χ3n) is 2.14. The molecule has 0 unspecified atom stereocenters. The van der Waals surface area contributed by atoms with Gasteiger partial charge >= 0.3 is 6.03 Å². The van der Waals surface area contributed by atoms with Gasteiger partial charge in [0.2, 0.25) is 0 Å². The lowest BCUT2D eigenvalue weighted by molar-refractivity contribution is 0.222. The zero-order valence-corrected chi connectivity index (χ0v) is 8.71. The lowest BCUT2D eigenvalue weighted by Gasteiger charge is -2.17. The number of carbonyl (C=O) groups excluding carboxylic acids is 1. The van der Waals surface area contributed by atoms with Crippen LogP contribution in [0.15, 0.2) is 40.3 Å². The van der Waals surface area contributed by atoms with Gasteiger partial charge < -0.3 is 5.32 Å². The van der Waals surface area contributed by atoms with E-state index in [1.807, 2.05) is 30.3 Å². The first-order valence-electron chi connectivity index (χ1n) is 4.96. The van der Waals surface area contributed by atoms with E-state index in [2.05, 4.69) is 15.3 Å². The second-order valence-electron chi connectivity index (χ2n) is 3.32. The quantitative estimate of drug-likeness (QED) is 0.794. The first kappa shape index (κ1) is 10.4. The summed E-state index contributed by atoms with van der Waals surface area (Å²) in [6.45, 7) is 0.831. The molecule has 0 saturated heterocycles. The lowest BCUT2D eigenvalue weighted by atomic mass is 10.2. The Morgan fingerprint density at radius 3 is 2.88 bits per heavy atom. The Bertz CT molecular complexity index is 413. The molecule has 5 heteroatoms. The number of benzene rings is 1. The summed E-state index contributed by atoms with van der Waals surface area (Å²) >= 11 is 0. The fourth-order valence-corrected chi connectivity index (χ4v) is 1.31. The fourth-order valence-electron chi connectivity index (χ4n) is 1.31. The third kappa shape index (κ3) is 2.66. The maximum absolute atomic E-state index is 11.6. The molecule has 82 valence electrons. The lowest BCUT2D eigenvalue weighted by Crippen LogP contribution is -2.39. The Morgan fingerprint density at radius 2 is 2.19 bits per heavy atom. The van der Waals surface area contributed by atoms with Crippen molar-refractivity contribution in [2.75, 3.05) is 6.67 Å². The molecule has 16 heavy (non-hydrogen) atoms. The van der Waals surface area contributed by atoms with Crippen LogP contribution in [0.1, 0.15) is 5.56 Å². The van der Waals surface area contributed by atoms with Crippen molar-refractivity contribution in [3.8, 4) is 0 Å². The summed E-state index contributed by atoms with van der Waals surface area (Å²) in [4.78, 5) is 20.7. The Labute approximate surface area is 93.5 Å². The molecule has 1 aliphatic heterocycles. The standard InChI is InChI=1S/C11H12N4O/c16-11(15-8-12-7-13-9-15)14-6-10-4-2-1-3-5-10/h1-5,7-8H,6,9H2,(H,14,16). The summed E-state index contributed by atoms with van der Waals surface area (Å²) in [5.41, 5.74) is 1.06. The number of nitrogens with zero attached hydrogens (tertiary/aromatic N) is 3. The fraction of sp³-hybridized carbons (Fsp3) is 0.182. The highest BCUT2D eigenvalue weighted by Crippen LogP contribution is 1.98.